The lowest BCUT2D eigenvalue weighted by molar-refractivity contribution is -0.131. The molecule has 2 nitrogen and oxygen atoms in total. The van der Waals surface area contributed by atoms with Gasteiger partial charge in [0.2, 0.25) is 0 Å². The molecule has 0 aromatic rings. The van der Waals surface area contributed by atoms with Crippen LogP contribution in [0.25, 0.3) is 0 Å². The van der Waals surface area contributed by atoms with Crippen LogP contribution in [0.2, 0.25) is 0 Å². The average Bonchev–Trinajstić information content (AvgIpc) is 2.68. The highest BCUT2D eigenvalue weighted by Crippen LogP contribution is 2.55. The van der Waals surface area contributed by atoms with E-state index in [0.29, 0.717) is 24.0 Å². The van der Waals surface area contributed by atoms with Crippen molar-refractivity contribution in [2.45, 2.75) is 39.0 Å². The fraction of sp³-hybridized carbons (Fsp3) is 0.818. The third kappa shape index (κ3) is 1.10. The van der Waals surface area contributed by atoms with Gasteiger partial charge in [0.1, 0.15) is 5.78 Å². The Hall–Kier alpha value is -0.840. The van der Waals surface area contributed by atoms with Crippen LogP contribution in [0.15, 0.2) is 0 Å². The first-order valence-electron chi connectivity index (χ1n) is 5.10. The molecule has 3 unspecified atom stereocenters. The molecule has 3 atom stereocenters. The number of carbonyl (C=O) groups is 1. The quantitative estimate of drug-likeness (QED) is 0.649. The molecule has 13 heavy (non-hydrogen) atoms. The van der Waals surface area contributed by atoms with Gasteiger partial charge in [-0.15, -0.1) is 0 Å². The average molecular weight is 177 g/mol. The molecule has 0 heterocycles. The van der Waals surface area contributed by atoms with E-state index in [2.05, 4.69) is 13.0 Å². The van der Waals surface area contributed by atoms with Crippen molar-refractivity contribution >= 4 is 5.78 Å². The van der Waals surface area contributed by atoms with E-state index in [9.17, 15) is 4.79 Å². The lowest BCUT2D eigenvalue weighted by Crippen LogP contribution is -2.33. The highest BCUT2D eigenvalue weighted by Gasteiger charge is 2.54. The monoisotopic (exact) mass is 177 g/mol. The molecule has 2 aliphatic carbocycles. The minimum atomic E-state index is -0.140. The Balaban J connectivity index is 2.14. The highest BCUT2D eigenvalue weighted by atomic mass is 16.1. The van der Waals surface area contributed by atoms with E-state index in [1.165, 1.54) is 6.42 Å². The van der Waals surface area contributed by atoms with Crippen molar-refractivity contribution in [1.29, 1.82) is 5.26 Å². The molecule has 0 spiro atoms. The number of hydrogen-bond acceptors (Lipinski definition) is 2. The number of carbonyl (C=O) groups excluding carboxylic acids is 1. The van der Waals surface area contributed by atoms with Gasteiger partial charge in [-0.25, -0.2) is 0 Å². The SMILES string of the molecule is CC1(CCC#N)C(=O)C2CCC1C2. The van der Waals surface area contributed by atoms with Crippen LogP contribution in [0.3, 0.4) is 0 Å². The molecule has 0 amide bonds. The molecule has 0 saturated heterocycles. The van der Waals surface area contributed by atoms with E-state index in [0.717, 1.165) is 19.3 Å². The second-order valence-corrected chi connectivity index (χ2v) is 4.65. The summed E-state index contributed by atoms with van der Waals surface area (Å²) in [5.41, 5.74) is -0.140. The van der Waals surface area contributed by atoms with Gasteiger partial charge in [0.15, 0.2) is 0 Å². The number of rotatable bonds is 2. The second kappa shape index (κ2) is 2.83. The summed E-state index contributed by atoms with van der Waals surface area (Å²) in [7, 11) is 0. The van der Waals surface area contributed by atoms with Crippen LogP contribution >= 0.6 is 0 Å². The largest absolute Gasteiger partial charge is 0.299 e. The third-order valence-electron chi connectivity index (χ3n) is 4.02. The van der Waals surface area contributed by atoms with Gasteiger partial charge < -0.3 is 0 Å². The van der Waals surface area contributed by atoms with Crippen molar-refractivity contribution in [2.75, 3.05) is 0 Å². The van der Waals surface area contributed by atoms with Crippen molar-refractivity contribution in [3.63, 3.8) is 0 Å². The second-order valence-electron chi connectivity index (χ2n) is 4.65. The van der Waals surface area contributed by atoms with Gasteiger partial charge in [0.25, 0.3) is 0 Å². The molecular formula is C11H15NO. The van der Waals surface area contributed by atoms with Crippen molar-refractivity contribution in [1.82, 2.24) is 0 Å². The van der Waals surface area contributed by atoms with Gasteiger partial charge >= 0.3 is 0 Å². The van der Waals surface area contributed by atoms with Crippen molar-refractivity contribution in [3.8, 4) is 6.07 Å². The Bertz CT molecular complexity index is 278. The van der Waals surface area contributed by atoms with Crippen molar-refractivity contribution in [2.24, 2.45) is 17.3 Å². The molecule has 0 aromatic carbocycles. The van der Waals surface area contributed by atoms with E-state index < -0.39 is 0 Å². The van der Waals surface area contributed by atoms with E-state index >= 15 is 0 Å². The summed E-state index contributed by atoms with van der Waals surface area (Å²) in [5.74, 6) is 1.37. The Morgan fingerprint density at radius 3 is 2.92 bits per heavy atom. The first kappa shape index (κ1) is 8.74. The number of nitrogens with zero attached hydrogens (tertiary/aromatic N) is 1. The predicted octanol–water partition coefficient (Wildman–Crippen LogP) is 2.30. The molecule has 2 saturated carbocycles. The fourth-order valence-electron chi connectivity index (χ4n) is 3.11. The van der Waals surface area contributed by atoms with Crippen LogP contribution in [0.1, 0.15) is 39.0 Å². The van der Waals surface area contributed by atoms with Gasteiger partial charge in [-0.1, -0.05) is 6.92 Å². The number of Topliss-reactive ketones (excluding diaryl/α,β-unsaturated/α-hetero) is 1. The fourth-order valence-corrected chi connectivity index (χ4v) is 3.11. The Morgan fingerprint density at radius 1 is 1.62 bits per heavy atom. The van der Waals surface area contributed by atoms with E-state index in [4.69, 9.17) is 5.26 Å². The van der Waals surface area contributed by atoms with Gasteiger partial charge in [-0.3, -0.25) is 4.79 Å². The summed E-state index contributed by atoms with van der Waals surface area (Å²) in [6, 6.07) is 2.15. The van der Waals surface area contributed by atoms with Gasteiger partial charge in [0.05, 0.1) is 6.07 Å². The maximum absolute atomic E-state index is 11.9. The molecule has 0 N–H and O–H groups in total. The zero-order valence-electron chi connectivity index (χ0n) is 8.05. The van der Waals surface area contributed by atoms with Crippen molar-refractivity contribution in [3.05, 3.63) is 0 Å². The number of ketones is 1. The van der Waals surface area contributed by atoms with Crippen LogP contribution in [-0.4, -0.2) is 5.78 Å². The zero-order valence-corrected chi connectivity index (χ0v) is 8.05. The molecule has 2 aliphatic rings. The van der Waals surface area contributed by atoms with Crippen LogP contribution in [-0.2, 0) is 4.79 Å². The van der Waals surface area contributed by atoms with E-state index in [-0.39, 0.29) is 5.41 Å². The minimum absolute atomic E-state index is 0.140. The first-order chi connectivity index (χ1) is 6.18. The van der Waals surface area contributed by atoms with E-state index in [1.807, 2.05) is 0 Å². The number of fused-ring (bicyclic) bond motifs is 2. The Labute approximate surface area is 78.9 Å². The Kier molecular flexibility index (Phi) is 1.91. The molecule has 0 aromatic heterocycles. The van der Waals surface area contributed by atoms with Crippen LogP contribution in [0, 0.1) is 28.6 Å². The summed E-state index contributed by atoms with van der Waals surface area (Å²) in [5, 5.41) is 8.54. The lowest BCUT2D eigenvalue weighted by atomic mass is 9.71. The molecule has 0 radical (unpaired) electrons. The lowest BCUT2D eigenvalue weighted by Gasteiger charge is -2.31. The summed E-state index contributed by atoms with van der Waals surface area (Å²) < 4.78 is 0. The molecule has 2 bridgehead atoms. The standard InChI is InChI=1S/C11H15NO/c1-11(5-2-6-12)9-4-3-8(7-9)10(11)13/h8-9H,2-5,7H2,1H3. The Morgan fingerprint density at radius 2 is 2.38 bits per heavy atom. The van der Waals surface area contributed by atoms with Gasteiger partial charge in [0, 0.05) is 17.8 Å². The maximum atomic E-state index is 11.9. The maximum Gasteiger partial charge on any atom is 0.142 e. The van der Waals surface area contributed by atoms with Crippen LogP contribution < -0.4 is 0 Å². The summed E-state index contributed by atoms with van der Waals surface area (Å²) >= 11 is 0. The minimum Gasteiger partial charge on any atom is -0.299 e. The van der Waals surface area contributed by atoms with Crippen LogP contribution in [0.4, 0.5) is 0 Å². The summed E-state index contributed by atoms with van der Waals surface area (Å²) in [6.45, 7) is 2.07. The number of hydrogen-bond donors (Lipinski definition) is 0. The smallest absolute Gasteiger partial charge is 0.142 e. The van der Waals surface area contributed by atoms with Gasteiger partial charge in [-0.2, -0.15) is 5.26 Å². The molecule has 0 aliphatic heterocycles. The highest BCUT2D eigenvalue weighted by molar-refractivity contribution is 5.90. The third-order valence-corrected chi connectivity index (χ3v) is 4.02. The van der Waals surface area contributed by atoms with Crippen LogP contribution in [0.5, 0.6) is 0 Å². The number of nitriles is 1. The summed E-state index contributed by atoms with van der Waals surface area (Å²) in [6.07, 6.45) is 4.72. The first-order valence-corrected chi connectivity index (χ1v) is 5.10. The molecule has 2 heteroatoms. The molecular weight excluding hydrogens is 162 g/mol. The molecule has 2 fully saturated rings. The normalized spacial score (nSPS) is 42.3. The predicted molar refractivity (Wildman–Crippen MR) is 48.8 cm³/mol. The molecule has 2 rings (SSSR count). The molecule has 70 valence electrons. The topological polar surface area (TPSA) is 40.9 Å². The van der Waals surface area contributed by atoms with Gasteiger partial charge in [-0.05, 0) is 31.6 Å². The zero-order chi connectivity index (χ0) is 9.47. The summed E-state index contributed by atoms with van der Waals surface area (Å²) in [4.78, 5) is 11.9. The van der Waals surface area contributed by atoms with Crippen molar-refractivity contribution < 1.29 is 4.79 Å². The van der Waals surface area contributed by atoms with E-state index in [1.54, 1.807) is 0 Å².